The first-order chi connectivity index (χ1) is 8.49. The lowest BCUT2D eigenvalue weighted by Crippen LogP contribution is -2.32. The van der Waals surface area contributed by atoms with Crippen molar-refractivity contribution in [1.82, 2.24) is 4.90 Å². The maximum Gasteiger partial charge on any atom is 0.223 e. The molecule has 1 aliphatic heterocycles. The first kappa shape index (κ1) is 13.1. The molecule has 1 aliphatic rings. The molecule has 2 unspecified atom stereocenters. The van der Waals surface area contributed by atoms with Gasteiger partial charge in [-0.3, -0.25) is 4.79 Å². The Labute approximate surface area is 108 Å². The smallest absolute Gasteiger partial charge is 0.223 e. The van der Waals surface area contributed by atoms with Crippen molar-refractivity contribution in [2.45, 2.75) is 39.3 Å². The summed E-state index contributed by atoms with van der Waals surface area (Å²) >= 11 is 0. The summed E-state index contributed by atoms with van der Waals surface area (Å²) < 4.78 is 0. The van der Waals surface area contributed by atoms with E-state index in [0.717, 1.165) is 5.56 Å². The van der Waals surface area contributed by atoms with Crippen LogP contribution >= 0.6 is 0 Å². The van der Waals surface area contributed by atoms with Crippen molar-refractivity contribution in [3.8, 4) is 0 Å². The van der Waals surface area contributed by atoms with E-state index in [1.165, 1.54) is 5.56 Å². The van der Waals surface area contributed by atoms with Gasteiger partial charge < -0.3 is 10.0 Å². The summed E-state index contributed by atoms with van der Waals surface area (Å²) in [4.78, 5) is 13.7. The molecule has 3 nitrogen and oxygen atoms in total. The molecule has 0 aliphatic carbocycles. The van der Waals surface area contributed by atoms with Gasteiger partial charge in [0, 0.05) is 24.9 Å². The van der Waals surface area contributed by atoms with E-state index in [4.69, 9.17) is 0 Å². The quantitative estimate of drug-likeness (QED) is 0.890. The number of hydrogen-bond donors (Lipinski definition) is 1. The number of aliphatic hydroxyl groups excluding tert-OH is 1. The Bertz CT molecular complexity index is 425. The van der Waals surface area contributed by atoms with Gasteiger partial charge in [0.2, 0.25) is 5.91 Å². The molecule has 0 spiro atoms. The Hall–Kier alpha value is -1.35. The molecule has 1 saturated heterocycles. The summed E-state index contributed by atoms with van der Waals surface area (Å²) in [7, 11) is 0. The second-order valence-electron chi connectivity index (χ2n) is 5.46. The second-order valence-corrected chi connectivity index (χ2v) is 5.46. The third-order valence-corrected chi connectivity index (χ3v) is 3.68. The Morgan fingerprint density at radius 3 is 2.39 bits per heavy atom. The topological polar surface area (TPSA) is 40.5 Å². The summed E-state index contributed by atoms with van der Waals surface area (Å²) in [6.45, 7) is 6.71. The van der Waals surface area contributed by atoms with Crippen molar-refractivity contribution >= 4 is 5.91 Å². The van der Waals surface area contributed by atoms with Crippen LogP contribution in [0.5, 0.6) is 0 Å². The van der Waals surface area contributed by atoms with Gasteiger partial charge in [0.1, 0.15) is 0 Å². The van der Waals surface area contributed by atoms with Crippen LogP contribution in [0.4, 0.5) is 0 Å². The molecule has 1 fully saturated rings. The van der Waals surface area contributed by atoms with E-state index < -0.39 is 6.10 Å². The Morgan fingerprint density at radius 1 is 1.28 bits per heavy atom. The molecule has 0 aromatic heterocycles. The molecule has 0 radical (unpaired) electrons. The summed E-state index contributed by atoms with van der Waals surface area (Å²) in [5.74, 6) is 0.170. The average Bonchev–Trinajstić information content (AvgIpc) is 2.71. The predicted molar refractivity (Wildman–Crippen MR) is 71.1 cm³/mol. The molecule has 98 valence electrons. The summed E-state index contributed by atoms with van der Waals surface area (Å²) in [5, 5.41) is 10.3. The fraction of sp³-hybridized carbons (Fsp3) is 0.533. The number of amides is 1. The first-order valence-corrected chi connectivity index (χ1v) is 6.53. The van der Waals surface area contributed by atoms with E-state index in [1.54, 1.807) is 0 Å². The first-order valence-electron chi connectivity index (χ1n) is 6.53. The number of aliphatic hydroxyl groups is 1. The van der Waals surface area contributed by atoms with Crippen molar-refractivity contribution in [1.29, 1.82) is 0 Å². The van der Waals surface area contributed by atoms with Crippen LogP contribution in [0.3, 0.4) is 0 Å². The maximum atomic E-state index is 11.8. The summed E-state index contributed by atoms with van der Waals surface area (Å²) in [6, 6.07) is 8.10. The summed E-state index contributed by atoms with van der Waals surface area (Å²) in [6.07, 6.45) is -0.0916. The third kappa shape index (κ3) is 2.56. The van der Waals surface area contributed by atoms with Crippen LogP contribution in [0.1, 0.15) is 37.5 Å². The number of benzene rings is 1. The normalized spacial score (nSPS) is 21.7. The molecular weight excluding hydrogens is 226 g/mol. The Morgan fingerprint density at radius 2 is 1.89 bits per heavy atom. The highest BCUT2D eigenvalue weighted by molar-refractivity contribution is 5.79. The Kier molecular flexibility index (Phi) is 3.71. The van der Waals surface area contributed by atoms with Crippen LogP contribution in [0.2, 0.25) is 0 Å². The van der Waals surface area contributed by atoms with E-state index in [9.17, 15) is 9.90 Å². The van der Waals surface area contributed by atoms with E-state index in [2.05, 4.69) is 0 Å². The fourth-order valence-electron chi connectivity index (χ4n) is 2.51. The molecule has 1 amide bonds. The molecule has 18 heavy (non-hydrogen) atoms. The van der Waals surface area contributed by atoms with Crippen LogP contribution in [0.15, 0.2) is 24.3 Å². The minimum Gasteiger partial charge on any atom is -0.388 e. The molecule has 1 aromatic carbocycles. The molecule has 0 bridgehead atoms. The molecule has 2 rings (SSSR count). The van der Waals surface area contributed by atoms with Crippen molar-refractivity contribution in [2.24, 2.45) is 5.92 Å². The lowest BCUT2D eigenvalue weighted by molar-refractivity contribution is -0.129. The number of aryl methyl sites for hydroxylation is 1. The van der Waals surface area contributed by atoms with Gasteiger partial charge in [-0.1, -0.05) is 29.8 Å². The Balaban J connectivity index is 2.09. The van der Waals surface area contributed by atoms with E-state index in [-0.39, 0.29) is 17.9 Å². The van der Waals surface area contributed by atoms with Gasteiger partial charge in [-0.05, 0) is 26.3 Å². The van der Waals surface area contributed by atoms with E-state index >= 15 is 0 Å². The number of rotatable bonds is 3. The zero-order valence-electron chi connectivity index (χ0n) is 11.3. The zero-order chi connectivity index (χ0) is 13.3. The second kappa shape index (κ2) is 5.11. The van der Waals surface area contributed by atoms with Crippen LogP contribution in [0.25, 0.3) is 0 Å². The van der Waals surface area contributed by atoms with Crippen LogP contribution in [0, 0.1) is 12.8 Å². The number of carbonyl (C=O) groups is 1. The molecule has 1 heterocycles. The lowest BCUT2D eigenvalue weighted by atomic mass is 9.94. The number of hydrogen-bond acceptors (Lipinski definition) is 2. The van der Waals surface area contributed by atoms with Gasteiger partial charge in [0.15, 0.2) is 0 Å². The summed E-state index contributed by atoms with van der Waals surface area (Å²) in [5.41, 5.74) is 2.08. The van der Waals surface area contributed by atoms with Gasteiger partial charge in [-0.25, -0.2) is 0 Å². The minimum atomic E-state index is -0.543. The van der Waals surface area contributed by atoms with Crippen molar-refractivity contribution in [3.63, 3.8) is 0 Å². The van der Waals surface area contributed by atoms with Gasteiger partial charge in [0.25, 0.3) is 0 Å². The zero-order valence-corrected chi connectivity index (χ0v) is 11.3. The lowest BCUT2D eigenvalue weighted by Gasteiger charge is -2.22. The average molecular weight is 247 g/mol. The number of carbonyl (C=O) groups excluding carboxylic acids is 1. The van der Waals surface area contributed by atoms with Crippen molar-refractivity contribution in [2.75, 3.05) is 6.54 Å². The molecule has 2 atom stereocenters. The molecule has 3 heteroatoms. The third-order valence-electron chi connectivity index (χ3n) is 3.68. The minimum absolute atomic E-state index is 0.0163. The SMILES string of the molecule is Cc1ccc(C(O)C2CC(=O)N(C(C)C)C2)cc1. The fourth-order valence-corrected chi connectivity index (χ4v) is 2.51. The van der Waals surface area contributed by atoms with E-state index in [1.807, 2.05) is 49.9 Å². The highest BCUT2D eigenvalue weighted by Crippen LogP contribution is 2.31. The van der Waals surface area contributed by atoms with Crippen LogP contribution in [-0.2, 0) is 4.79 Å². The van der Waals surface area contributed by atoms with Gasteiger partial charge in [-0.15, -0.1) is 0 Å². The maximum absolute atomic E-state index is 11.8. The van der Waals surface area contributed by atoms with Crippen molar-refractivity contribution < 1.29 is 9.90 Å². The monoisotopic (exact) mass is 247 g/mol. The van der Waals surface area contributed by atoms with Crippen molar-refractivity contribution in [3.05, 3.63) is 35.4 Å². The highest BCUT2D eigenvalue weighted by atomic mass is 16.3. The molecule has 1 N–H and O–H groups in total. The number of likely N-dealkylation sites (tertiary alicyclic amines) is 1. The molecule has 0 saturated carbocycles. The standard InChI is InChI=1S/C15H21NO2/c1-10(2)16-9-13(8-14(16)17)15(18)12-6-4-11(3)5-7-12/h4-7,10,13,15,18H,8-9H2,1-3H3. The van der Waals surface area contributed by atoms with Crippen LogP contribution in [-0.4, -0.2) is 28.5 Å². The largest absolute Gasteiger partial charge is 0.388 e. The molecule has 1 aromatic rings. The van der Waals surface area contributed by atoms with E-state index in [0.29, 0.717) is 13.0 Å². The highest BCUT2D eigenvalue weighted by Gasteiger charge is 2.35. The molecular formula is C15H21NO2. The van der Waals surface area contributed by atoms with Gasteiger partial charge >= 0.3 is 0 Å². The number of nitrogens with zero attached hydrogens (tertiary/aromatic N) is 1. The van der Waals surface area contributed by atoms with Gasteiger partial charge in [-0.2, -0.15) is 0 Å². The van der Waals surface area contributed by atoms with Crippen LogP contribution < -0.4 is 0 Å². The van der Waals surface area contributed by atoms with Gasteiger partial charge in [0.05, 0.1) is 6.10 Å². The predicted octanol–water partition coefficient (Wildman–Crippen LogP) is 2.29.